The lowest BCUT2D eigenvalue weighted by molar-refractivity contribution is -0.0415. The fourth-order valence-electron chi connectivity index (χ4n) is 1.70. The highest BCUT2D eigenvalue weighted by Crippen LogP contribution is 2.11. The van der Waals surface area contributed by atoms with Gasteiger partial charge in [-0.3, -0.25) is 0 Å². The van der Waals surface area contributed by atoms with Crippen molar-refractivity contribution in [2.75, 3.05) is 0 Å². The molecule has 0 saturated heterocycles. The second kappa shape index (κ2) is 12.4. The largest absolute Gasteiger partial charge is 0.390 e. The fraction of sp³-hybridized carbons (Fsp3) is 0.647. The molecule has 4 N–H and O–H groups in total. The molecule has 0 unspecified atom stereocenters. The number of unbranched alkanes of at least 4 members (excludes halogenated alkanes) is 4. The van der Waals surface area contributed by atoms with Crippen LogP contribution in [0.3, 0.4) is 0 Å². The third-order valence-corrected chi connectivity index (χ3v) is 3.05. The molecule has 0 aromatic carbocycles. The van der Waals surface area contributed by atoms with E-state index in [-0.39, 0.29) is 0 Å². The predicted molar refractivity (Wildman–Crippen MR) is 83.2 cm³/mol. The number of hydrogen-bond acceptors (Lipinski definition) is 4. The molecule has 4 heteroatoms. The number of rotatable bonds is 9. The van der Waals surface area contributed by atoms with Crippen LogP contribution >= 0.6 is 0 Å². The molecule has 4 nitrogen and oxygen atoms in total. The van der Waals surface area contributed by atoms with Crippen molar-refractivity contribution in [2.45, 2.75) is 69.9 Å². The maximum Gasteiger partial charge on any atom is 0.144 e. The molecular weight excluding hydrogens is 268 g/mol. The van der Waals surface area contributed by atoms with Gasteiger partial charge in [0, 0.05) is 0 Å². The highest BCUT2D eigenvalue weighted by atomic mass is 16.4. The van der Waals surface area contributed by atoms with Crippen molar-refractivity contribution in [1.29, 1.82) is 0 Å². The Morgan fingerprint density at radius 2 is 1.57 bits per heavy atom. The summed E-state index contributed by atoms with van der Waals surface area (Å²) in [6.07, 6.45) is 2.31. The van der Waals surface area contributed by atoms with E-state index in [0.717, 1.165) is 25.7 Å². The van der Waals surface area contributed by atoms with E-state index in [1.165, 1.54) is 12.5 Å². The number of hydrogen-bond donors (Lipinski definition) is 4. The van der Waals surface area contributed by atoms with Crippen LogP contribution in [0.5, 0.6) is 0 Å². The quantitative estimate of drug-likeness (QED) is 0.290. The molecule has 118 valence electrons. The van der Waals surface area contributed by atoms with E-state index in [4.69, 9.17) is 5.11 Å². The molecule has 4 atom stereocenters. The van der Waals surface area contributed by atoms with Crippen LogP contribution in [0.25, 0.3) is 0 Å². The second-order valence-electron chi connectivity index (χ2n) is 4.92. The van der Waals surface area contributed by atoms with Crippen LogP contribution in [-0.4, -0.2) is 44.8 Å². The van der Waals surface area contributed by atoms with E-state index in [2.05, 4.69) is 37.2 Å². The minimum Gasteiger partial charge on any atom is -0.390 e. The Balaban J connectivity index is 4.11. The van der Waals surface area contributed by atoms with Gasteiger partial charge in [-0.2, -0.15) is 0 Å². The maximum atomic E-state index is 9.76. The monoisotopic (exact) mass is 294 g/mol. The highest BCUT2D eigenvalue weighted by Gasteiger charge is 2.22. The summed E-state index contributed by atoms with van der Waals surface area (Å²) >= 11 is 0. The van der Waals surface area contributed by atoms with E-state index < -0.39 is 24.4 Å². The molecule has 0 heterocycles. The number of aliphatic hydroxyl groups excluding tert-OH is 4. The third-order valence-electron chi connectivity index (χ3n) is 3.05. The molecule has 0 bridgehead atoms. The molecule has 0 aliphatic carbocycles. The average Bonchev–Trinajstić information content (AvgIpc) is 2.49. The molecule has 0 rings (SSSR count). The Bertz CT molecular complexity index is 396. The lowest BCUT2D eigenvalue weighted by atomic mass is 10.0. The van der Waals surface area contributed by atoms with Crippen molar-refractivity contribution >= 4 is 0 Å². The molecule has 21 heavy (non-hydrogen) atoms. The van der Waals surface area contributed by atoms with E-state index in [1.54, 1.807) is 0 Å². The summed E-state index contributed by atoms with van der Waals surface area (Å²) in [6.45, 7) is 5.48. The molecule has 0 fully saturated rings. The topological polar surface area (TPSA) is 80.9 Å². The van der Waals surface area contributed by atoms with Crippen LogP contribution < -0.4 is 0 Å². The molecule has 0 aromatic rings. The zero-order valence-electron chi connectivity index (χ0n) is 12.6. The van der Waals surface area contributed by atoms with Gasteiger partial charge in [0.2, 0.25) is 0 Å². The van der Waals surface area contributed by atoms with Crippen LogP contribution in [0.1, 0.15) is 45.4 Å². The zero-order chi connectivity index (χ0) is 16.1. The van der Waals surface area contributed by atoms with Crippen LogP contribution in [0.15, 0.2) is 12.7 Å². The maximum absolute atomic E-state index is 9.76. The van der Waals surface area contributed by atoms with Gasteiger partial charge in [0.05, 0.1) is 6.10 Å². The minimum absolute atomic E-state index is 0.435. The smallest absolute Gasteiger partial charge is 0.144 e. The summed E-state index contributed by atoms with van der Waals surface area (Å²) in [7, 11) is 0. The first-order chi connectivity index (χ1) is 10.0. The fourth-order valence-corrected chi connectivity index (χ4v) is 1.70. The molecule has 0 amide bonds. The van der Waals surface area contributed by atoms with Crippen LogP contribution in [-0.2, 0) is 0 Å². The van der Waals surface area contributed by atoms with Crippen LogP contribution in [0.2, 0.25) is 0 Å². The normalized spacial score (nSPS) is 15.7. The summed E-state index contributed by atoms with van der Waals surface area (Å²) in [6, 6.07) is 0. The molecule has 0 spiro atoms. The van der Waals surface area contributed by atoms with Crippen LogP contribution in [0, 0.1) is 23.7 Å². The first-order valence-corrected chi connectivity index (χ1v) is 7.38. The third kappa shape index (κ3) is 10.1. The summed E-state index contributed by atoms with van der Waals surface area (Å²) in [5.41, 5.74) is 0. The summed E-state index contributed by atoms with van der Waals surface area (Å²) in [5, 5.41) is 38.2. The van der Waals surface area contributed by atoms with Crippen molar-refractivity contribution in [1.82, 2.24) is 0 Å². The molecule has 0 aliphatic rings. The highest BCUT2D eigenvalue weighted by molar-refractivity contribution is 5.30. The summed E-state index contributed by atoms with van der Waals surface area (Å²) in [5.74, 6) is 9.37. The zero-order valence-corrected chi connectivity index (χ0v) is 12.6. The van der Waals surface area contributed by atoms with Crippen molar-refractivity contribution in [3.8, 4) is 23.7 Å². The van der Waals surface area contributed by atoms with Gasteiger partial charge in [0.15, 0.2) is 0 Å². The van der Waals surface area contributed by atoms with E-state index in [1.807, 2.05) is 0 Å². The Hall–Kier alpha value is -1.30. The van der Waals surface area contributed by atoms with Gasteiger partial charge in [-0.1, -0.05) is 63.5 Å². The van der Waals surface area contributed by atoms with Gasteiger partial charge in [-0.25, -0.2) is 0 Å². The average molecular weight is 294 g/mol. The summed E-state index contributed by atoms with van der Waals surface area (Å²) in [4.78, 5) is 0. The van der Waals surface area contributed by atoms with E-state index in [9.17, 15) is 15.3 Å². The van der Waals surface area contributed by atoms with Crippen molar-refractivity contribution < 1.29 is 20.4 Å². The first kappa shape index (κ1) is 19.7. The first-order valence-electron chi connectivity index (χ1n) is 7.38. The predicted octanol–water partition coefficient (Wildman–Crippen LogP) is 0.983. The SMILES string of the molecule is C=C[C@@H](O)C#CC#C[C@@H](O)[C@H](O)[C@@H](O)CCCCCCC. The van der Waals surface area contributed by atoms with Crippen molar-refractivity contribution in [2.24, 2.45) is 0 Å². The summed E-state index contributed by atoms with van der Waals surface area (Å²) < 4.78 is 0. The Morgan fingerprint density at radius 1 is 0.952 bits per heavy atom. The van der Waals surface area contributed by atoms with Gasteiger partial charge in [0.25, 0.3) is 0 Å². The lowest BCUT2D eigenvalue weighted by Crippen LogP contribution is -2.36. The van der Waals surface area contributed by atoms with Gasteiger partial charge >= 0.3 is 0 Å². The standard InChI is InChI=1S/C17H26O4/c1-3-5-6-7-8-12-15(19)17(21)16(20)13-10-9-11-14(18)4-2/h4,14-21H,2-3,5-8,12H2,1H3/t14-,15+,16-,17-/m1/s1. The second-order valence-corrected chi connectivity index (χ2v) is 4.92. The lowest BCUT2D eigenvalue weighted by Gasteiger charge is -2.19. The van der Waals surface area contributed by atoms with Gasteiger partial charge in [0.1, 0.15) is 18.3 Å². The Morgan fingerprint density at radius 3 is 2.19 bits per heavy atom. The van der Waals surface area contributed by atoms with Crippen LogP contribution in [0.4, 0.5) is 0 Å². The van der Waals surface area contributed by atoms with Gasteiger partial charge in [-0.15, -0.1) is 0 Å². The number of aliphatic hydroxyl groups is 4. The van der Waals surface area contributed by atoms with Crippen molar-refractivity contribution in [3.63, 3.8) is 0 Å². The molecular formula is C17H26O4. The molecule has 0 aliphatic heterocycles. The molecule has 0 aromatic heterocycles. The molecule has 0 radical (unpaired) electrons. The Kier molecular flexibility index (Phi) is 11.7. The van der Waals surface area contributed by atoms with E-state index in [0.29, 0.717) is 6.42 Å². The van der Waals surface area contributed by atoms with Gasteiger partial charge in [-0.05, 0) is 18.3 Å². The van der Waals surface area contributed by atoms with Gasteiger partial charge < -0.3 is 20.4 Å². The van der Waals surface area contributed by atoms with E-state index >= 15 is 0 Å². The van der Waals surface area contributed by atoms with Crippen molar-refractivity contribution in [3.05, 3.63) is 12.7 Å². The Labute approximate surface area is 127 Å². The minimum atomic E-state index is -1.36. The molecule has 0 saturated carbocycles.